The third-order valence-electron chi connectivity index (χ3n) is 4.66. The minimum Gasteiger partial charge on any atom is -0.485 e. The SMILES string of the molecule is N#Cc1ncn(CC(=O)N2CCN(C(=O)[C@H]3COc4ccccc4O3)CC2)n1. The fourth-order valence-electron chi connectivity index (χ4n) is 3.18. The number of hydrogen-bond acceptors (Lipinski definition) is 7. The van der Waals surface area contributed by atoms with Gasteiger partial charge in [-0.3, -0.25) is 9.59 Å². The lowest BCUT2D eigenvalue weighted by Crippen LogP contribution is -2.55. The molecule has 0 N–H and O–H groups in total. The van der Waals surface area contributed by atoms with Crippen molar-refractivity contribution in [1.82, 2.24) is 24.6 Å². The van der Waals surface area contributed by atoms with Crippen LogP contribution >= 0.6 is 0 Å². The number of para-hydroxylation sites is 2. The molecule has 10 nitrogen and oxygen atoms in total. The molecule has 0 saturated carbocycles. The summed E-state index contributed by atoms with van der Waals surface area (Å²) < 4.78 is 12.7. The van der Waals surface area contributed by atoms with Gasteiger partial charge in [-0.2, -0.15) is 5.26 Å². The first-order chi connectivity index (χ1) is 13.6. The van der Waals surface area contributed by atoms with E-state index in [-0.39, 0.29) is 30.8 Å². The molecule has 2 amide bonds. The molecule has 1 saturated heterocycles. The molecule has 1 fully saturated rings. The van der Waals surface area contributed by atoms with Crippen molar-refractivity contribution in [2.45, 2.75) is 12.6 Å². The molecule has 2 aliphatic heterocycles. The Balaban J connectivity index is 1.29. The first kappa shape index (κ1) is 17.8. The molecule has 0 bridgehead atoms. The number of nitriles is 1. The van der Waals surface area contributed by atoms with Crippen molar-refractivity contribution in [2.24, 2.45) is 0 Å². The van der Waals surface area contributed by atoms with Crippen LogP contribution in [0.15, 0.2) is 30.6 Å². The maximum Gasteiger partial charge on any atom is 0.267 e. The molecule has 28 heavy (non-hydrogen) atoms. The number of ether oxygens (including phenoxy) is 2. The zero-order valence-corrected chi connectivity index (χ0v) is 15.0. The molecule has 1 atom stereocenters. The van der Waals surface area contributed by atoms with Crippen molar-refractivity contribution >= 4 is 11.8 Å². The summed E-state index contributed by atoms with van der Waals surface area (Å²) in [5, 5.41) is 12.6. The zero-order valence-electron chi connectivity index (χ0n) is 15.0. The topological polar surface area (TPSA) is 114 Å². The monoisotopic (exact) mass is 382 g/mol. The molecule has 4 rings (SSSR count). The van der Waals surface area contributed by atoms with Gasteiger partial charge in [0.05, 0.1) is 0 Å². The molecule has 10 heteroatoms. The van der Waals surface area contributed by atoms with E-state index in [1.54, 1.807) is 21.9 Å². The lowest BCUT2D eigenvalue weighted by atomic mass is 10.2. The van der Waals surface area contributed by atoms with Crippen LogP contribution in [0.4, 0.5) is 0 Å². The second kappa shape index (κ2) is 7.56. The van der Waals surface area contributed by atoms with Crippen molar-refractivity contribution < 1.29 is 19.1 Å². The molecule has 2 aliphatic rings. The molecule has 1 aromatic carbocycles. The molecular formula is C18H18N6O4. The average molecular weight is 382 g/mol. The summed E-state index contributed by atoms with van der Waals surface area (Å²) in [4.78, 5) is 32.3. The van der Waals surface area contributed by atoms with Crippen LogP contribution < -0.4 is 9.47 Å². The molecule has 3 heterocycles. The summed E-state index contributed by atoms with van der Waals surface area (Å²) in [6.07, 6.45) is 0.672. The number of piperazine rings is 1. The average Bonchev–Trinajstić information content (AvgIpc) is 3.20. The lowest BCUT2D eigenvalue weighted by molar-refractivity contribution is -0.146. The maximum absolute atomic E-state index is 12.7. The maximum atomic E-state index is 12.7. The first-order valence-corrected chi connectivity index (χ1v) is 8.88. The smallest absolute Gasteiger partial charge is 0.267 e. The van der Waals surface area contributed by atoms with E-state index in [9.17, 15) is 9.59 Å². The summed E-state index contributed by atoms with van der Waals surface area (Å²) in [7, 11) is 0. The van der Waals surface area contributed by atoms with Gasteiger partial charge in [-0.25, -0.2) is 9.67 Å². The van der Waals surface area contributed by atoms with E-state index in [1.807, 2.05) is 18.2 Å². The van der Waals surface area contributed by atoms with Crippen molar-refractivity contribution in [3.63, 3.8) is 0 Å². The van der Waals surface area contributed by atoms with Crippen LogP contribution in [0.3, 0.4) is 0 Å². The number of carbonyl (C=O) groups is 2. The summed E-state index contributed by atoms with van der Waals surface area (Å²) in [6, 6.07) is 9.07. The number of benzene rings is 1. The molecule has 144 valence electrons. The van der Waals surface area contributed by atoms with Gasteiger partial charge < -0.3 is 19.3 Å². The minimum atomic E-state index is -0.684. The highest BCUT2D eigenvalue weighted by atomic mass is 16.6. The third kappa shape index (κ3) is 3.59. The lowest BCUT2D eigenvalue weighted by Gasteiger charge is -2.37. The Hall–Kier alpha value is -3.61. The summed E-state index contributed by atoms with van der Waals surface area (Å²) in [5.41, 5.74) is 0. The number of hydrogen-bond donors (Lipinski definition) is 0. The molecule has 2 aromatic rings. The van der Waals surface area contributed by atoms with Crippen LogP contribution in [0, 0.1) is 11.3 Å². The Morgan fingerprint density at radius 1 is 1.14 bits per heavy atom. The van der Waals surface area contributed by atoms with Gasteiger partial charge in [-0.05, 0) is 12.1 Å². The number of aromatic nitrogens is 3. The van der Waals surface area contributed by atoms with Gasteiger partial charge in [-0.1, -0.05) is 12.1 Å². The van der Waals surface area contributed by atoms with Gasteiger partial charge in [0.15, 0.2) is 11.5 Å². The van der Waals surface area contributed by atoms with Crippen LogP contribution in [0.25, 0.3) is 0 Å². The van der Waals surface area contributed by atoms with Gasteiger partial charge in [0.1, 0.15) is 25.5 Å². The fourth-order valence-corrected chi connectivity index (χ4v) is 3.18. The van der Waals surface area contributed by atoms with Crippen molar-refractivity contribution in [3.8, 4) is 17.6 Å². The van der Waals surface area contributed by atoms with Gasteiger partial charge in [0, 0.05) is 26.2 Å². The predicted octanol–water partition coefficient (Wildman–Crippen LogP) is -0.339. The molecule has 0 unspecified atom stereocenters. The quantitative estimate of drug-likeness (QED) is 0.713. The van der Waals surface area contributed by atoms with E-state index in [0.29, 0.717) is 37.7 Å². The standard InChI is InChI=1S/C18H18N6O4/c19-9-16-20-12-24(21-16)10-17(25)22-5-7-23(8-6-22)18(26)15-11-27-13-3-1-2-4-14(13)28-15/h1-4,12,15H,5-8,10-11H2/t15-/m1/s1. The van der Waals surface area contributed by atoms with Crippen LogP contribution in [-0.2, 0) is 16.1 Å². The highest BCUT2D eigenvalue weighted by molar-refractivity contribution is 5.82. The Kier molecular flexibility index (Phi) is 4.80. The number of carbonyl (C=O) groups excluding carboxylic acids is 2. The number of rotatable bonds is 3. The Labute approximate surface area is 160 Å². The van der Waals surface area contributed by atoms with Gasteiger partial charge in [0.2, 0.25) is 12.0 Å². The summed E-state index contributed by atoms with van der Waals surface area (Å²) in [5.74, 6) is 0.948. The van der Waals surface area contributed by atoms with E-state index in [0.717, 1.165) is 0 Å². The first-order valence-electron chi connectivity index (χ1n) is 8.88. The highest BCUT2D eigenvalue weighted by Gasteiger charge is 2.33. The summed E-state index contributed by atoms with van der Waals surface area (Å²) >= 11 is 0. The second-order valence-electron chi connectivity index (χ2n) is 6.45. The summed E-state index contributed by atoms with van der Waals surface area (Å²) in [6.45, 7) is 1.88. The van der Waals surface area contributed by atoms with Crippen molar-refractivity contribution in [1.29, 1.82) is 5.26 Å². The Morgan fingerprint density at radius 2 is 1.86 bits per heavy atom. The van der Waals surface area contributed by atoms with Gasteiger partial charge in [-0.15, -0.1) is 5.10 Å². The molecule has 0 radical (unpaired) electrons. The molecule has 0 spiro atoms. The molecule has 1 aromatic heterocycles. The minimum absolute atomic E-state index is 0.0129. The van der Waals surface area contributed by atoms with Crippen LogP contribution in [0.2, 0.25) is 0 Å². The van der Waals surface area contributed by atoms with Gasteiger partial charge in [0.25, 0.3) is 11.7 Å². The number of fused-ring (bicyclic) bond motifs is 1. The van der Waals surface area contributed by atoms with Crippen LogP contribution in [0.5, 0.6) is 11.5 Å². The van der Waals surface area contributed by atoms with E-state index in [4.69, 9.17) is 14.7 Å². The highest BCUT2D eigenvalue weighted by Crippen LogP contribution is 2.31. The van der Waals surface area contributed by atoms with E-state index < -0.39 is 6.10 Å². The predicted molar refractivity (Wildman–Crippen MR) is 94.3 cm³/mol. The van der Waals surface area contributed by atoms with Crippen molar-refractivity contribution in [3.05, 3.63) is 36.4 Å². The normalized spacial score (nSPS) is 18.5. The Morgan fingerprint density at radius 3 is 2.57 bits per heavy atom. The molecular weight excluding hydrogens is 364 g/mol. The largest absolute Gasteiger partial charge is 0.485 e. The van der Waals surface area contributed by atoms with Crippen molar-refractivity contribution in [2.75, 3.05) is 32.8 Å². The zero-order chi connectivity index (χ0) is 19.5. The second-order valence-corrected chi connectivity index (χ2v) is 6.45. The third-order valence-corrected chi connectivity index (χ3v) is 4.66. The van der Waals surface area contributed by atoms with Gasteiger partial charge >= 0.3 is 0 Å². The number of nitrogens with zero attached hydrogens (tertiary/aromatic N) is 6. The van der Waals surface area contributed by atoms with Crippen LogP contribution in [0.1, 0.15) is 5.82 Å². The van der Waals surface area contributed by atoms with E-state index >= 15 is 0 Å². The molecule has 0 aliphatic carbocycles. The number of amides is 2. The van der Waals surface area contributed by atoms with E-state index in [1.165, 1.54) is 11.0 Å². The fraction of sp³-hybridized carbons (Fsp3) is 0.389. The van der Waals surface area contributed by atoms with E-state index in [2.05, 4.69) is 10.1 Å². The Bertz CT molecular complexity index is 928. The van der Waals surface area contributed by atoms with Crippen LogP contribution in [-0.4, -0.2) is 75.3 Å².